The molecule has 2 amide bonds. The van der Waals surface area contributed by atoms with E-state index >= 15 is 0 Å². The zero-order valence-electron chi connectivity index (χ0n) is 13.5. The summed E-state index contributed by atoms with van der Waals surface area (Å²) in [6.45, 7) is 0.515. The maximum atomic E-state index is 13.3. The Kier molecular flexibility index (Phi) is 5.27. The standard InChI is InChI=1S/C17H18F3N3OS/c18-13-3-1-2-12(10-13)14-11-25-15(22-14)4-7-21-16(24)23-8-5-17(19,20)6-9-23/h1-3,10-11H,4-9H2,(H,21,24). The second kappa shape index (κ2) is 7.43. The summed E-state index contributed by atoms with van der Waals surface area (Å²) in [6, 6.07) is 5.90. The average molecular weight is 369 g/mol. The van der Waals surface area contributed by atoms with Crippen molar-refractivity contribution < 1.29 is 18.0 Å². The number of amides is 2. The van der Waals surface area contributed by atoms with Gasteiger partial charge in [-0.05, 0) is 12.1 Å². The smallest absolute Gasteiger partial charge is 0.317 e. The quantitative estimate of drug-likeness (QED) is 0.888. The third-order valence-electron chi connectivity index (χ3n) is 4.07. The van der Waals surface area contributed by atoms with Crippen molar-refractivity contribution in [1.29, 1.82) is 0 Å². The van der Waals surface area contributed by atoms with Gasteiger partial charge in [-0.1, -0.05) is 12.1 Å². The average Bonchev–Trinajstić information content (AvgIpc) is 3.03. The number of thiazole rings is 1. The van der Waals surface area contributed by atoms with E-state index in [0.717, 1.165) is 5.01 Å². The highest BCUT2D eigenvalue weighted by atomic mass is 32.1. The van der Waals surface area contributed by atoms with Crippen molar-refractivity contribution in [3.05, 3.63) is 40.5 Å². The molecule has 1 aliphatic rings. The van der Waals surface area contributed by atoms with Crippen LogP contribution in [0.5, 0.6) is 0 Å². The van der Waals surface area contributed by atoms with E-state index < -0.39 is 5.92 Å². The molecule has 134 valence electrons. The first-order valence-electron chi connectivity index (χ1n) is 8.04. The van der Waals surface area contributed by atoms with E-state index in [2.05, 4.69) is 10.3 Å². The highest BCUT2D eigenvalue weighted by Gasteiger charge is 2.35. The maximum absolute atomic E-state index is 13.3. The summed E-state index contributed by atoms with van der Waals surface area (Å²) < 4.78 is 39.4. The maximum Gasteiger partial charge on any atom is 0.317 e. The number of benzene rings is 1. The predicted molar refractivity (Wildman–Crippen MR) is 90.4 cm³/mol. The number of nitrogens with zero attached hydrogens (tertiary/aromatic N) is 2. The SMILES string of the molecule is O=C(NCCc1nc(-c2cccc(F)c2)cs1)N1CCC(F)(F)CC1. The van der Waals surface area contributed by atoms with Gasteiger partial charge in [0.1, 0.15) is 5.82 Å². The van der Waals surface area contributed by atoms with Crippen LogP contribution in [0.3, 0.4) is 0 Å². The number of likely N-dealkylation sites (tertiary alicyclic amines) is 1. The van der Waals surface area contributed by atoms with E-state index in [4.69, 9.17) is 0 Å². The molecular formula is C17H18F3N3OS. The summed E-state index contributed by atoms with van der Waals surface area (Å²) in [5.74, 6) is -2.98. The summed E-state index contributed by atoms with van der Waals surface area (Å²) in [4.78, 5) is 17.8. The van der Waals surface area contributed by atoms with Crippen molar-refractivity contribution in [2.75, 3.05) is 19.6 Å². The molecule has 0 spiro atoms. The molecule has 2 heterocycles. The molecule has 1 saturated heterocycles. The van der Waals surface area contributed by atoms with Crippen LogP contribution < -0.4 is 5.32 Å². The monoisotopic (exact) mass is 369 g/mol. The number of nitrogens with one attached hydrogen (secondary N) is 1. The van der Waals surface area contributed by atoms with E-state index in [1.165, 1.54) is 28.4 Å². The van der Waals surface area contributed by atoms with Crippen molar-refractivity contribution in [3.8, 4) is 11.3 Å². The van der Waals surface area contributed by atoms with Gasteiger partial charge in [0, 0.05) is 49.8 Å². The van der Waals surface area contributed by atoms with Gasteiger partial charge < -0.3 is 10.2 Å². The molecule has 1 fully saturated rings. The Morgan fingerprint density at radius 1 is 1.32 bits per heavy atom. The Hall–Kier alpha value is -2.09. The van der Waals surface area contributed by atoms with Gasteiger partial charge >= 0.3 is 6.03 Å². The summed E-state index contributed by atoms with van der Waals surface area (Å²) >= 11 is 1.44. The van der Waals surface area contributed by atoms with Gasteiger partial charge in [-0.15, -0.1) is 11.3 Å². The van der Waals surface area contributed by atoms with Gasteiger partial charge in [-0.25, -0.2) is 22.9 Å². The summed E-state index contributed by atoms with van der Waals surface area (Å²) in [5, 5.41) is 5.40. The van der Waals surface area contributed by atoms with Crippen LogP contribution in [0.4, 0.5) is 18.0 Å². The second-order valence-corrected chi connectivity index (χ2v) is 6.90. The highest BCUT2D eigenvalue weighted by molar-refractivity contribution is 7.09. The lowest BCUT2D eigenvalue weighted by Gasteiger charge is -2.31. The van der Waals surface area contributed by atoms with Crippen molar-refractivity contribution in [3.63, 3.8) is 0 Å². The molecule has 2 aromatic rings. The first-order chi connectivity index (χ1) is 11.9. The molecule has 0 radical (unpaired) electrons. The fourth-order valence-corrected chi connectivity index (χ4v) is 3.44. The first kappa shape index (κ1) is 17.7. The van der Waals surface area contributed by atoms with E-state index in [1.54, 1.807) is 12.1 Å². The van der Waals surface area contributed by atoms with Gasteiger partial charge in [-0.3, -0.25) is 0 Å². The second-order valence-electron chi connectivity index (χ2n) is 5.96. The number of urea groups is 1. The van der Waals surface area contributed by atoms with E-state index in [9.17, 15) is 18.0 Å². The molecule has 8 heteroatoms. The molecule has 1 aromatic heterocycles. The number of alkyl halides is 2. The topological polar surface area (TPSA) is 45.2 Å². The Labute approximate surface area is 147 Å². The number of halogens is 3. The number of hydrogen-bond acceptors (Lipinski definition) is 3. The van der Waals surface area contributed by atoms with E-state index in [1.807, 2.05) is 5.38 Å². The Morgan fingerprint density at radius 3 is 2.80 bits per heavy atom. The van der Waals surface area contributed by atoms with Crippen LogP contribution >= 0.6 is 11.3 Å². The number of carbonyl (C=O) groups excluding carboxylic acids is 1. The van der Waals surface area contributed by atoms with Crippen LogP contribution in [0.25, 0.3) is 11.3 Å². The third-order valence-corrected chi connectivity index (χ3v) is 4.98. The van der Waals surface area contributed by atoms with Crippen LogP contribution in [-0.4, -0.2) is 41.5 Å². The fraction of sp³-hybridized carbons (Fsp3) is 0.412. The minimum Gasteiger partial charge on any atom is -0.338 e. The fourth-order valence-electron chi connectivity index (χ4n) is 2.63. The van der Waals surface area contributed by atoms with Gasteiger partial charge in [0.15, 0.2) is 0 Å². The number of carbonyl (C=O) groups is 1. The van der Waals surface area contributed by atoms with Crippen LogP contribution in [0.15, 0.2) is 29.6 Å². The normalized spacial score (nSPS) is 16.7. The largest absolute Gasteiger partial charge is 0.338 e. The van der Waals surface area contributed by atoms with Gasteiger partial charge in [-0.2, -0.15) is 0 Å². The molecule has 25 heavy (non-hydrogen) atoms. The van der Waals surface area contributed by atoms with Crippen LogP contribution in [0, 0.1) is 5.82 Å². The molecular weight excluding hydrogens is 351 g/mol. The number of piperidine rings is 1. The van der Waals surface area contributed by atoms with Crippen molar-refractivity contribution in [2.45, 2.75) is 25.2 Å². The molecule has 4 nitrogen and oxygen atoms in total. The highest BCUT2D eigenvalue weighted by Crippen LogP contribution is 2.27. The van der Waals surface area contributed by atoms with E-state index in [-0.39, 0.29) is 37.8 Å². The van der Waals surface area contributed by atoms with Gasteiger partial charge in [0.05, 0.1) is 10.7 Å². The molecule has 1 aliphatic heterocycles. The van der Waals surface area contributed by atoms with Gasteiger partial charge in [0.2, 0.25) is 0 Å². The Morgan fingerprint density at radius 2 is 2.08 bits per heavy atom. The van der Waals surface area contributed by atoms with Crippen LogP contribution in [0.1, 0.15) is 17.8 Å². The Bertz CT molecular complexity index is 740. The summed E-state index contributed by atoms with van der Waals surface area (Å²) in [7, 11) is 0. The first-order valence-corrected chi connectivity index (χ1v) is 8.92. The molecule has 1 aromatic carbocycles. The minimum atomic E-state index is -2.66. The Balaban J connectivity index is 1.47. The molecule has 0 bridgehead atoms. The zero-order valence-corrected chi connectivity index (χ0v) is 14.3. The van der Waals surface area contributed by atoms with Crippen LogP contribution in [0.2, 0.25) is 0 Å². The van der Waals surface area contributed by atoms with Crippen molar-refractivity contribution in [2.24, 2.45) is 0 Å². The summed E-state index contributed by atoms with van der Waals surface area (Å²) in [5.41, 5.74) is 1.41. The molecule has 0 atom stereocenters. The molecule has 0 aliphatic carbocycles. The molecule has 0 saturated carbocycles. The zero-order chi connectivity index (χ0) is 17.9. The number of rotatable bonds is 4. The molecule has 1 N–H and O–H groups in total. The number of hydrogen-bond donors (Lipinski definition) is 1. The van der Waals surface area contributed by atoms with Crippen molar-refractivity contribution >= 4 is 17.4 Å². The van der Waals surface area contributed by atoms with Gasteiger partial charge in [0.25, 0.3) is 5.92 Å². The lowest BCUT2D eigenvalue weighted by Crippen LogP contribution is -2.47. The minimum absolute atomic E-state index is 0.0693. The summed E-state index contributed by atoms with van der Waals surface area (Å²) in [6.07, 6.45) is -0.0382. The third kappa shape index (κ3) is 4.72. The number of aromatic nitrogens is 1. The van der Waals surface area contributed by atoms with Crippen molar-refractivity contribution in [1.82, 2.24) is 15.2 Å². The predicted octanol–water partition coefficient (Wildman–Crippen LogP) is 3.93. The lowest BCUT2D eigenvalue weighted by molar-refractivity contribution is -0.0469. The molecule has 3 rings (SSSR count). The van der Waals surface area contributed by atoms with Crippen LogP contribution in [-0.2, 0) is 6.42 Å². The van der Waals surface area contributed by atoms with E-state index in [0.29, 0.717) is 24.2 Å². The lowest BCUT2D eigenvalue weighted by atomic mass is 10.1. The molecule has 0 unspecified atom stereocenters.